The maximum atomic E-state index is 11.3. The number of rotatable bonds is 2. The van der Waals surface area contributed by atoms with Gasteiger partial charge in [0, 0.05) is 5.41 Å². The Morgan fingerprint density at radius 1 is 1.57 bits per heavy atom. The predicted molar refractivity (Wildman–Crippen MR) is 49.5 cm³/mol. The molecule has 0 saturated carbocycles. The highest BCUT2D eigenvalue weighted by atomic mass is 16.6. The van der Waals surface area contributed by atoms with E-state index in [0.717, 1.165) is 0 Å². The van der Waals surface area contributed by atoms with Gasteiger partial charge in [0.1, 0.15) is 6.61 Å². The van der Waals surface area contributed by atoms with Crippen LogP contribution in [0.25, 0.3) is 0 Å². The fraction of sp³-hybridized carbons (Fsp3) is 0.800. The average molecular weight is 200 g/mol. The van der Waals surface area contributed by atoms with Gasteiger partial charge in [-0.25, -0.2) is 4.79 Å². The zero-order chi connectivity index (χ0) is 10.9. The molecule has 1 fully saturated rings. The van der Waals surface area contributed by atoms with Gasteiger partial charge in [-0.15, -0.1) is 0 Å². The van der Waals surface area contributed by atoms with Crippen molar-refractivity contribution in [1.82, 2.24) is 0 Å². The lowest BCUT2D eigenvalue weighted by Crippen LogP contribution is -2.36. The molecule has 0 aliphatic carbocycles. The van der Waals surface area contributed by atoms with E-state index in [1.807, 2.05) is 13.8 Å². The molecular weight excluding hydrogens is 184 g/mol. The highest BCUT2D eigenvalue weighted by Crippen LogP contribution is 2.31. The lowest BCUT2D eigenvalue weighted by molar-refractivity contribution is -0.165. The summed E-state index contributed by atoms with van der Waals surface area (Å²) in [5.74, 6) is -1.02. The molecule has 1 aliphatic rings. The van der Waals surface area contributed by atoms with Crippen molar-refractivity contribution in [2.24, 2.45) is 11.3 Å². The Labute approximate surface area is 83.6 Å². The maximum absolute atomic E-state index is 11.3. The van der Waals surface area contributed by atoms with Gasteiger partial charge in [0.25, 0.3) is 0 Å². The van der Waals surface area contributed by atoms with Crippen LogP contribution < -0.4 is 0 Å². The van der Waals surface area contributed by atoms with Crippen LogP contribution in [-0.2, 0) is 19.1 Å². The number of carbonyl (C=O) groups excluding carboxylic acids is 2. The van der Waals surface area contributed by atoms with Gasteiger partial charge in [-0.05, 0) is 0 Å². The number of ether oxygens (including phenoxy) is 2. The quantitative estimate of drug-likeness (QED) is 0.627. The minimum Gasteiger partial charge on any atom is -0.462 e. The van der Waals surface area contributed by atoms with Crippen molar-refractivity contribution in [3.05, 3.63) is 0 Å². The van der Waals surface area contributed by atoms with Crippen LogP contribution in [-0.4, -0.2) is 24.6 Å². The normalized spacial score (nSPS) is 24.9. The van der Waals surface area contributed by atoms with E-state index in [1.165, 1.54) is 0 Å². The number of hydrogen-bond donors (Lipinski definition) is 0. The zero-order valence-corrected chi connectivity index (χ0v) is 8.99. The molecule has 1 aliphatic heterocycles. The smallest absolute Gasteiger partial charge is 0.348 e. The fourth-order valence-electron chi connectivity index (χ4n) is 1.19. The summed E-state index contributed by atoms with van der Waals surface area (Å²) in [6.45, 7) is 7.46. The Kier molecular flexibility index (Phi) is 2.83. The summed E-state index contributed by atoms with van der Waals surface area (Å²) in [4.78, 5) is 22.6. The van der Waals surface area contributed by atoms with E-state index in [1.54, 1.807) is 13.8 Å². The van der Waals surface area contributed by atoms with E-state index in [2.05, 4.69) is 0 Å². The highest BCUT2D eigenvalue weighted by molar-refractivity contribution is 5.82. The Morgan fingerprint density at radius 3 is 2.50 bits per heavy atom. The monoisotopic (exact) mass is 200 g/mol. The third-order valence-corrected chi connectivity index (χ3v) is 2.22. The molecule has 4 heteroatoms. The largest absolute Gasteiger partial charge is 0.462 e. The van der Waals surface area contributed by atoms with Crippen LogP contribution in [0.5, 0.6) is 0 Å². The van der Waals surface area contributed by atoms with Gasteiger partial charge in [-0.1, -0.05) is 27.7 Å². The first-order valence-corrected chi connectivity index (χ1v) is 4.72. The lowest BCUT2D eigenvalue weighted by Gasteiger charge is -2.22. The minimum atomic E-state index is -0.752. The van der Waals surface area contributed by atoms with Gasteiger partial charge in [0.05, 0.1) is 5.92 Å². The van der Waals surface area contributed by atoms with Crippen molar-refractivity contribution in [1.29, 1.82) is 0 Å². The van der Waals surface area contributed by atoms with Crippen molar-refractivity contribution in [2.45, 2.75) is 33.8 Å². The summed E-state index contributed by atoms with van der Waals surface area (Å²) in [7, 11) is 0. The Morgan fingerprint density at radius 2 is 2.14 bits per heavy atom. The first kappa shape index (κ1) is 11.0. The first-order valence-electron chi connectivity index (χ1n) is 4.72. The standard InChI is InChI=1S/C10H16O4/c1-6(2)8(11)14-7-9(12)13-5-10(7,3)4/h6-7H,5H2,1-4H3. The van der Waals surface area contributed by atoms with Crippen LogP contribution in [0.3, 0.4) is 0 Å². The van der Waals surface area contributed by atoms with Gasteiger partial charge >= 0.3 is 11.9 Å². The minimum absolute atomic E-state index is 0.223. The second kappa shape index (κ2) is 3.59. The average Bonchev–Trinajstić information content (AvgIpc) is 2.31. The summed E-state index contributed by atoms with van der Waals surface area (Å²) in [5, 5.41) is 0. The first-order chi connectivity index (χ1) is 6.34. The van der Waals surface area contributed by atoms with Gasteiger partial charge < -0.3 is 9.47 Å². The third-order valence-electron chi connectivity index (χ3n) is 2.22. The predicted octanol–water partition coefficient (Wildman–Crippen LogP) is 1.14. The third kappa shape index (κ3) is 2.05. The van der Waals surface area contributed by atoms with E-state index < -0.39 is 17.5 Å². The van der Waals surface area contributed by atoms with Crippen molar-refractivity contribution < 1.29 is 19.1 Å². The lowest BCUT2D eigenvalue weighted by atomic mass is 9.90. The molecule has 0 aromatic heterocycles. The van der Waals surface area contributed by atoms with Crippen LogP contribution in [0.4, 0.5) is 0 Å². The summed E-state index contributed by atoms with van der Waals surface area (Å²) in [6.07, 6.45) is -0.752. The maximum Gasteiger partial charge on any atom is 0.348 e. The van der Waals surface area contributed by atoms with Crippen molar-refractivity contribution in [2.75, 3.05) is 6.61 Å². The van der Waals surface area contributed by atoms with Crippen molar-refractivity contribution >= 4 is 11.9 Å². The van der Waals surface area contributed by atoms with Gasteiger partial charge in [-0.2, -0.15) is 0 Å². The Bertz CT molecular complexity index is 255. The van der Waals surface area contributed by atoms with E-state index in [-0.39, 0.29) is 11.9 Å². The molecule has 1 heterocycles. The van der Waals surface area contributed by atoms with Gasteiger partial charge in [0.15, 0.2) is 0 Å². The van der Waals surface area contributed by atoms with Crippen molar-refractivity contribution in [3.8, 4) is 0 Å². The Balaban J connectivity index is 2.67. The van der Waals surface area contributed by atoms with E-state index in [4.69, 9.17) is 9.47 Å². The molecule has 80 valence electrons. The summed E-state index contributed by atoms with van der Waals surface area (Å²) in [6, 6.07) is 0. The van der Waals surface area contributed by atoms with Gasteiger partial charge in [-0.3, -0.25) is 4.79 Å². The molecule has 1 unspecified atom stereocenters. The topological polar surface area (TPSA) is 52.6 Å². The molecule has 0 radical (unpaired) electrons. The molecule has 0 bridgehead atoms. The van der Waals surface area contributed by atoms with Crippen LogP contribution in [0.15, 0.2) is 0 Å². The van der Waals surface area contributed by atoms with Gasteiger partial charge in [0.2, 0.25) is 6.10 Å². The molecule has 1 saturated heterocycles. The second-order valence-corrected chi connectivity index (χ2v) is 4.57. The van der Waals surface area contributed by atoms with Crippen LogP contribution >= 0.6 is 0 Å². The molecule has 1 atom stereocenters. The number of cyclic esters (lactones) is 1. The summed E-state index contributed by atoms with van der Waals surface area (Å²) >= 11 is 0. The number of carbonyl (C=O) groups is 2. The van der Waals surface area contributed by atoms with Crippen LogP contribution in [0.2, 0.25) is 0 Å². The molecule has 0 amide bonds. The summed E-state index contributed by atoms with van der Waals surface area (Å²) < 4.78 is 9.93. The van der Waals surface area contributed by atoms with Crippen molar-refractivity contribution in [3.63, 3.8) is 0 Å². The fourth-order valence-corrected chi connectivity index (χ4v) is 1.19. The number of esters is 2. The molecule has 0 aromatic carbocycles. The van der Waals surface area contributed by atoms with E-state index >= 15 is 0 Å². The number of hydrogen-bond acceptors (Lipinski definition) is 4. The summed E-state index contributed by atoms with van der Waals surface area (Å²) in [5.41, 5.74) is -0.415. The second-order valence-electron chi connectivity index (χ2n) is 4.57. The molecule has 0 spiro atoms. The SMILES string of the molecule is CC(C)C(=O)OC1C(=O)OCC1(C)C. The highest BCUT2D eigenvalue weighted by Gasteiger charge is 2.46. The molecule has 1 rings (SSSR count). The van der Waals surface area contributed by atoms with E-state index in [0.29, 0.717) is 6.61 Å². The zero-order valence-electron chi connectivity index (χ0n) is 8.99. The Hall–Kier alpha value is -1.06. The van der Waals surface area contributed by atoms with E-state index in [9.17, 15) is 9.59 Å². The molecule has 14 heavy (non-hydrogen) atoms. The van der Waals surface area contributed by atoms with Crippen LogP contribution in [0, 0.1) is 11.3 Å². The molecule has 4 nitrogen and oxygen atoms in total. The molecule has 0 aromatic rings. The molecular formula is C10H16O4. The molecule has 0 N–H and O–H groups in total. The van der Waals surface area contributed by atoms with Crippen LogP contribution in [0.1, 0.15) is 27.7 Å².